The van der Waals surface area contributed by atoms with Crippen LogP contribution in [0.15, 0.2) is 58.4 Å². The van der Waals surface area contributed by atoms with E-state index >= 15 is 0 Å². The van der Waals surface area contributed by atoms with Gasteiger partial charge in [0, 0.05) is 40.5 Å². The summed E-state index contributed by atoms with van der Waals surface area (Å²) in [5, 5.41) is 5.35. The van der Waals surface area contributed by atoms with Gasteiger partial charge in [-0.25, -0.2) is 4.98 Å². The standard InChI is InChI=1S/C21H18BrN3O2S/c22-17-8-6-15(7-9-17)18-13-28-21(23-18)24-20(27)16-4-1-3-14(11-16)12-25-10-2-5-19(25)26/h1,3-4,6-9,11,13H,2,5,10,12H2,(H,23,24,27). The number of aromatic nitrogens is 1. The van der Waals surface area contributed by atoms with Crippen LogP contribution in [0.4, 0.5) is 5.13 Å². The predicted octanol–water partition coefficient (Wildman–Crippen LogP) is 4.95. The summed E-state index contributed by atoms with van der Waals surface area (Å²) in [7, 11) is 0. The average molecular weight is 456 g/mol. The van der Waals surface area contributed by atoms with Gasteiger partial charge in [-0.2, -0.15) is 0 Å². The molecule has 0 radical (unpaired) electrons. The average Bonchev–Trinajstić information content (AvgIpc) is 3.32. The van der Waals surface area contributed by atoms with E-state index in [0.29, 0.717) is 23.7 Å². The van der Waals surface area contributed by atoms with Crippen molar-refractivity contribution in [1.82, 2.24) is 9.88 Å². The number of amides is 2. The number of carbonyl (C=O) groups is 2. The third kappa shape index (κ3) is 4.31. The lowest BCUT2D eigenvalue weighted by Crippen LogP contribution is -2.24. The fourth-order valence-electron chi connectivity index (χ4n) is 3.16. The molecule has 0 unspecified atom stereocenters. The largest absolute Gasteiger partial charge is 0.338 e. The van der Waals surface area contributed by atoms with Crippen molar-refractivity contribution in [1.29, 1.82) is 0 Å². The summed E-state index contributed by atoms with van der Waals surface area (Å²) in [6.45, 7) is 1.33. The molecule has 0 spiro atoms. The molecule has 1 aliphatic heterocycles. The topological polar surface area (TPSA) is 62.3 Å². The Hall–Kier alpha value is -2.51. The molecule has 1 aliphatic rings. The number of nitrogens with one attached hydrogen (secondary N) is 1. The number of halogens is 1. The second-order valence-corrected chi connectivity index (χ2v) is 8.39. The van der Waals surface area contributed by atoms with Crippen LogP contribution in [0.3, 0.4) is 0 Å². The lowest BCUT2D eigenvalue weighted by atomic mass is 10.1. The Balaban J connectivity index is 1.44. The van der Waals surface area contributed by atoms with Gasteiger partial charge in [-0.15, -0.1) is 11.3 Å². The third-order valence-electron chi connectivity index (χ3n) is 4.60. The zero-order chi connectivity index (χ0) is 19.5. The van der Waals surface area contributed by atoms with Gasteiger partial charge >= 0.3 is 0 Å². The molecular weight excluding hydrogens is 438 g/mol. The molecule has 1 N–H and O–H groups in total. The highest BCUT2D eigenvalue weighted by molar-refractivity contribution is 9.10. The first-order valence-corrected chi connectivity index (χ1v) is 10.7. The number of benzene rings is 2. The van der Waals surface area contributed by atoms with Crippen molar-refractivity contribution in [3.63, 3.8) is 0 Å². The fraction of sp³-hybridized carbons (Fsp3) is 0.190. The van der Waals surface area contributed by atoms with Gasteiger partial charge in [0.05, 0.1) is 5.69 Å². The number of likely N-dealkylation sites (tertiary alicyclic amines) is 1. The van der Waals surface area contributed by atoms with Crippen LogP contribution in [0.5, 0.6) is 0 Å². The van der Waals surface area contributed by atoms with E-state index in [1.54, 1.807) is 6.07 Å². The molecular formula is C21H18BrN3O2S. The highest BCUT2D eigenvalue weighted by atomic mass is 79.9. The zero-order valence-corrected chi connectivity index (χ0v) is 17.4. The van der Waals surface area contributed by atoms with Crippen LogP contribution in [0.2, 0.25) is 0 Å². The van der Waals surface area contributed by atoms with E-state index in [0.717, 1.165) is 34.3 Å². The molecule has 4 rings (SSSR count). The molecule has 0 bridgehead atoms. The number of anilines is 1. The maximum Gasteiger partial charge on any atom is 0.257 e. The van der Waals surface area contributed by atoms with E-state index in [1.807, 2.05) is 52.7 Å². The van der Waals surface area contributed by atoms with Crippen LogP contribution in [-0.4, -0.2) is 28.2 Å². The summed E-state index contributed by atoms with van der Waals surface area (Å²) in [4.78, 5) is 30.8. The number of carbonyl (C=O) groups excluding carboxylic acids is 2. The van der Waals surface area contributed by atoms with Crippen molar-refractivity contribution in [3.8, 4) is 11.3 Å². The molecule has 2 aromatic carbocycles. The highest BCUT2D eigenvalue weighted by Crippen LogP contribution is 2.26. The van der Waals surface area contributed by atoms with Crippen LogP contribution < -0.4 is 5.32 Å². The first-order valence-electron chi connectivity index (χ1n) is 8.98. The minimum atomic E-state index is -0.202. The minimum absolute atomic E-state index is 0.179. The van der Waals surface area contributed by atoms with Crippen LogP contribution in [0.1, 0.15) is 28.8 Å². The summed E-state index contributed by atoms with van der Waals surface area (Å²) in [6.07, 6.45) is 1.52. The van der Waals surface area contributed by atoms with Gasteiger partial charge in [-0.3, -0.25) is 14.9 Å². The Bertz CT molecular complexity index is 1020. The highest BCUT2D eigenvalue weighted by Gasteiger charge is 2.20. The Morgan fingerprint density at radius 2 is 2.04 bits per heavy atom. The molecule has 1 saturated heterocycles. The van der Waals surface area contributed by atoms with E-state index in [2.05, 4.69) is 26.2 Å². The lowest BCUT2D eigenvalue weighted by Gasteiger charge is -2.15. The SMILES string of the molecule is O=C(Nc1nc(-c2ccc(Br)cc2)cs1)c1cccc(CN2CCCC2=O)c1. The third-order valence-corrected chi connectivity index (χ3v) is 5.89. The molecule has 2 heterocycles. The maximum absolute atomic E-state index is 12.6. The summed E-state index contributed by atoms with van der Waals surface area (Å²) in [5.41, 5.74) is 3.34. The first-order chi connectivity index (χ1) is 13.6. The van der Waals surface area contributed by atoms with Crippen LogP contribution in [0.25, 0.3) is 11.3 Å². The monoisotopic (exact) mass is 455 g/mol. The summed E-state index contributed by atoms with van der Waals surface area (Å²) >= 11 is 4.82. The van der Waals surface area contributed by atoms with Gasteiger partial charge in [0.15, 0.2) is 5.13 Å². The van der Waals surface area contributed by atoms with Crippen molar-refractivity contribution >= 4 is 44.2 Å². The van der Waals surface area contributed by atoms with E-state index in [-0.39, 0.29) is 11.8 Å². The van der Waals surface area contributed by atoms with Crippen molar-refractivity contribution in [2.45, 2.75) is 19.4 Å². The Morgan fingerprint density at radius 1 is 1.21 bits per heavy atom. The van der Waals surface area contributed by atoms with Crippen molar-refractivity contribution < 1.29 is 9.59 Å². The van der Waals surface area contributed by atoms with Crippen molar-refractivity contribution in [2.75, 3.05) is 11.9 Å². The van der Waals surface area contributed by atoms with Gasteiger partial charge in [-0.05, 0) is 36.2 Å². The maximum atomic E-state index is 12.6. The molecule has 142 valence electrons. The van der Waals surface area contributed by atoms with Crippen molar-refractivity contribution in [2.24, 2.45) is 0 Å². The first kappa shape index (κ1) is 18.8. The molecule has 0 atom stereocenters. The number of rotatable bonds is 5. The quantitative estimate of drug-likeness (QED) is 0.591. The Kier molecular flexibility index (Phi) is 5.54. The van der Waals surface area contributed by atoms with Gasteiger partial charge in [0.25, 0.3) is 5.91 Å². The lowest BCUT2D eigenvalue weighted by molar-refractivity contribution is -0.128. The summed E-state index contributed by atoms with van der Waals surface area (Å²) < 4.78 is 1.01. The zero-order valence-electron chi connectivity index (χ0n) is 15.0. The number of thiazole rings is 1. The van der Waals surface area contributed by atoms with Gasteiger partial charge < -0.3 is 4.90 Å². The van der Waals surface area contributed by atoms with E-state index < -0.39 is 0 Å². The van der Waals surface area contributed by atoms with Crippen LogP contribution in [-0.2, 0) is 11.3 Å². The molecule has 1 fully saturated rings. The second kappa shape index (κ2) is 8.24. The number of hydrogen-bond acceptors (Lipinski definition) is 4. The molecule has 28 heavy (non-hydrogen) atoms. The molecule has 3 aromatic rings. The summed E-state index contributed by atoms with van der Waals surface area (Å²) in [6, 6.07) is 15.3. The second-order valence-electron chi connectivity index (χ2n) is 6.62. The number of hydrogen-bond donors (Lipinski definition) is 1. The normalized spacial score (nSPS) is 13.8. The van der Waals surface area contributed by atoms with Crippen LogP contribution in [0, 0.1) is 0 Å². The van der Waals surface area contributed by atoms with Gasteiger partial charge in [-0.1, -0.05) is 40.2 Å². The molecule has 5 nitrogen and oxygen atoms in total. The molecule has 1 aromatic heterocycles. The predicted molar refractivity (Wildman–Crippen MR) is 114 cm³/mol. The van der Waals surface area contributed by atoms with Gasteiger partial charge in [0.2, 0.25) is 5.91 Å². The van der Waals surface area contributed by atoms with E-state index in [4.69, 9.17) is 0 Å². The molecule has 2 amide bonds. The molecule has 0 saturated carbocycles. The molecule has 7 heteroatoms. The smallest absolute Gasteiger partial charge is 0.257 e. The van der Waals surface area contributed by atoms with Crippen LogP contribution >= 0.6 is 27.3 Å². The fourth-order valence-corrected chi connectivity index (χ4v) is 4.14. The summed E-state index contributed by atoms with van der Waals surface area (Å²) in [5.74, 6) is -0.0237. The molecule has 0 aliphatic carbocycles. The van der Waals surface area contributed by atoms with Gasteiger partial charge in [0.1, 0.15) is 0 Å². The Labute approximate surface area is 175 Å². The van der Waals surface area contributed by atoms with Crippen molar-refractivity contribution in [3.05, 3.63) is 69.5 Å². The van der Waals surface area contributed by atoms with E-state index in [1.165, 1.54) is 11.3 Å². The minimum Gasteiger partial charge on any atom is -0.338 e. The Morgan fingerprint density at radius 3 is 2.79 bits per heavy atom. The number of nitrogens with zero attached hydrogens (tertiary/aromatic N) is 2. The van der Waals surface area contributed by atoms with E-state index in [9.17, 15) is 9.59 Å².